The van der Waals surface area contributed by atoms with Crippen molar-refractivity contribution in [2.24, 2.45) is 10.8 Å². The first-order valence-corrected chi connectivity index (χ1v) is 8.17. The highest BCUT2D eigenvalue weighted by molar-refractivity contribution is 4.88. The maximum atomic E-state index is 9.71. The van der Waals surface area contributed by atoms with Crippen molar-refractivity contribution in [2.75, 3.05) is 26.3 Å². The Morgan fingerprint density at radius 2 is 1.00 bits per heavy atom. The van der Waals surface area contributed by atoms with Gasteiger partial charge in [-0.25, -0.2) is 0 Å². The van der Waals surface area contributed by atoms with Crippen molar-refractivity contribution < 1.29 is 10.2 Å². The largest absolute Gasteiger partial charge is 0.396 e. The lowest BCUT2D eigenvalue weighted by Gasteiger charge is -2.39. The van der Waals surface area contributed by atoms with Gasteiger partial charge in [0, 0.05) is 37.1 Å². The molecule has 0 bridgehead atoms. The van der Waals surface area contributed by atoms with Crippen LogP contribution in [0.5, 0.6) is 0 Å². The fraction of sp³-hybridized carbons (Fsp3) is 1.00. The molecular weight excluding hydrogens is 238 g/mol. The van der Waals surface area contributed by atoms with E-state index in [9.17, 15) is 10.2 Å². The molecule has 3 nitrogen and oxygen atoms in total. The summed E-state index contributed by atoms with van der Waals surface area (Å²) in [4.78, 5) is 0. The molecule has 3 heteroatoms. The zero-order valence-corrected chi connectivity index (χ0v) is 12.3. The first-order valence-electron chi connectivity index (χ1n) is 8.17. The third-order valence-corrected chi connectivity index (χ3v) is 5.50. The number of rotatable bonds is 6. The SMILES string of the molecule is OCC1(CNCC2(CO)CCCCC2)CCCCC1. The number of aliphatic hydroxyl groups is 2. The molecule has 0 aromatic carbocycles. The number of hydrogen-bond acceptors (Lipinski definition) is 3. The Balaban J connectivity index is 1.80. The van der Waals surface area contributed by atoms with E-state index in [0.29, 0.717) is 13.2 Å². The third kappa shape index (κ3) is 3.93. The van der Waals surface area contributed by atoms with E-state index in [2.05, 4.69) is 5.32 Å². The molecule has 0 spiro atoms. The van der Waals surface area contributed by atoms with E-state index in [1.54, 1.807) is 0 Å². The standard InChI is InChI=1S/C16H31NO2/c18-13-15(7-3-1-4-8-15)11-17-12-16(14-19)9-5-2-6-10-16/h17-19H,1-14H2. The molecule has 3 N–H and O–H groups in total. The minimum absolute atomic E-state index is 0.115. The van der Waals surface area contributed by atoms with Gasteiger partial charge in [0.2, 0.25) is 0 Å². The number of aliphatic hydroxyl groups excluding tert-OH is 2. The van der Waals surface area contributed by atoms with Gasteiger partial charge in [-0.05, 0) is 25.7 Å². The van der Waals surface area contributed by atoms with E-state index in [-0.39, 0.29) is 10.8 Å². The van der Waals surface area contributed by atoms with Crippen LogP contribution >= 0.6 is 0 Å². The smallest absolute Gasteiger partial charge is 0.0499 e. The average Bonchev–Trinajstić information content (AvgIpc) is 2.49. The van der Waals surface area contributed by atoms with Crippen LogP contribution in [0.25, 0.3) is 0 Å². The van der Waals surface area contributed by atoms with E-state index < -0.39 is 0 Å². The summed E-state index contributed by atoms with van der Waals surface area (Å²) in [5, 5.41) is 23.0. The lowest BCUT2D eigenvalue weighted by Crippen LogP contribution is -2.45. The molecule has 2 aliphatic rings. The minimum Gasteiger partial charge on any atom is -0.396 e. The molecule has 2 saturated carbocycles. The van der Waals surface area contributed by atoms with Gasteiger partial charge in [-0.3, -0.25) is 0 Å². The van der Waals surface area contributed by atoms with Crippen LogP contribution in [0.3, 0.4) is 0 Å². The van der Waals surface area contributed by atoms with Gasteiger partial charge in [0.25, 0.3) is 0 Å². The van der Waals surface area contributed by atoms with Crippen LogP contribution in [0.4, 0.5) is 0 Å². The van der Waals surface area contributed by atoms with Crippen LogP contribution in [0.2, 0.25) is 0 Å². The Morgan fingerprint density at radius 1 is 0.632 bits per heavy atom. The molecule has 2 rings (SSSR count). The molecule has 0 heterocycles. The molecule has 0 atom stereocenters. The zero-order valence-electron chi connectivity index (χ0n) is 12.3. The van der Waals surface area contributed by atoms with Crippen molar-refractivity contribution in [3.05, 3.63) is 0 Å². The van der Waals surface area contributed by atoms with Gasteiger partial charge in [-0.2, -0.15) is 0 Å². The second kappa shape index (κ2) is 7.05. The molecule has 2 fully saturated rings. The first-order chi connectivity index (χ1) is 9.24. The van der Waals surface area contributed by atoms with E-state index in [4.69, 9.17) is 0 Å². The summed E-state index contributed by atoms with van der Waals surface area (Å²) in [5.74, 6) is 0. The lowest BCUT2D eigenvalue weighted by molar-refractivity contribution is 0.0567. The van der Waals surface area contributed by atoms with E-state index in [0.717, 1.165) is 38.8 Å². The topological polar surface area (TPSA) is 52.5 Å². The summed E-state index contributed by atoms with van der Waals surface area (Å²) < 4.78 is 0. The van der Waals surface area contributed by atoms with Crippen LogP contribution in [0.15, 0.2) is 0 Å². The molecule has 0 unspecified atom stereocenters. The second-order valence-electron chi connectivity index (χ2n) is 7.04. The molecule has 112 valence electrons. The fourth-order valence-electron chi connectivity index (χ4n) is 3.98. The molecular formula is C16H31NO2. The average molecular weight is 269 g/mol. The summed E-state index contributed by atoms with van der Waals surface area (Å²) in [7, 11) is 0. The summed E-state index contributed by atoms with van der Waals surface area (Å²) in [6, 6.07) is 0. The molecule has 0 aliphatic heterocycles. The van der Waals surface area contributed by atoms with Gasteiger partial charge in [0.1, 0.15) is 0 Å². The predicted molar refractivity (Wildman–Crippen MR) is 78.1 cm³/mol. The van der Waals surface area contributed by atoms with Crippen molar-refractivity contribution in [3.8, 4) is 0 Å². The fourth-order valence-corrected chi connectivity index (χ4v) is 3.98. The molecule has 0 aromatic rings. The molecule has 0 aromatic heterocycles. The Hall–Kier alpha value is -0.120. The predicted octanol–water partition coefficient (Wildman–Crippen LogP) is 2.46. The van der Waals surface area contributed by atoms with Crippen LogP contribution in [-0.4, -0.2) is 36.5 Å². The molecule has 0 amide bonds. The Kier molecular flexibility index (Phi) is 5.67. The van der Waals surface area contributed by atoms with Gasteiger partial charge in [0.15, 0.2) is 0 Å². The lowest BCUT2D eigenvalue weighted by atomic mass is 9.73. The monoisotopic (exact) mass is 269 g/mol. The van der Waals surface area contributed by atoms with Gasteiger partial charge < -0.3 is 15.5 Å². The quantitative estimate of drug-likeness (QED) is 0.694. The van der Waals surface area contributed by atoms with Gasteiger partial charge >= 0.3 is 0 Å². The van der Waals surface area contributed by atoms with Gasteiger partial charge in [0.05, 0.1) is 0 Å². The third-order valence-electron chi connectivity index (χ3n) is 5.50. The first kappa shape index (κ1) is 15.3. The maximum Gasteiger partial charge on any atom is 0.0499 e. The second-order valence-corrected chi connectivity index (χ2v) is 7.04. The van der Waals surface area contributed by atoms with Crippen LogP contribution in [-0.2, 0) is 0 Å². The highest BCUT2D eigenvalue weighted by Gasteiger charge is 2.34. The van der Waals surface area contributed by atoms with E-state index >= 15 is 0 Å². The Morgan fingerprint density at radius 3 is 1.32 bits per heavy atom. The summed E-state index contributed by atoms with van der Waals surface area (Å²) >= 11 is 0. The van der Waals surface area contributed by atoms with Crippen molar-refractivity contribution >= 4 is 0 Å². The van der Waals surface area contributed by atoms with Crippen molar-refractivity contribution in [1.82, 2.24) is 5.32 Å². The van der Waals surface area contributed by atoms with Crippen molar-refractivity contribution in [3.63, 3.8) is 0 Å². The van der Waals surface area contributed by atoms with E-state index in [1.807, 2.05) is 0 Å². The van der Waals surface area contributed by atoms with Crippen molar-refractivity contribution in [2.45, 2.75) is 64.2 Å². The highest BCUT2D eigenvalue weighted by atomic mass is 16.3. The summed E-state index contributed by atoms with van der Waals surface area (Å²) in [5.41, 5.74) is 0.229. The van der Waals surface area contributed by atoms with Gasteiger partial charge in [-0.15, -0.1) is 0 Å². The Bertz CT molecular complexity index is 229. The highest BCUT2D eigenvalue weighted by Crippen LogP contribution is 2.37. The van der Waals surface area contributed by atoms with Crippen LogP contribution < -0.4 is 5.32 Å². The molecule has 0 saturated heterocycles. The number of hydrogen-bond donors (Lipinski definition) is 3. The summed E-state index contributed by atoms with van der Waals surface area (Å²) in [6.07, 6.45) is 12.3. The number of nitrogens with one attached hydrogen (secondary N) is 1. The molecule has 2 aliphatic carbocycles. The minimum atomic E-state index is 0.115. The maximum absolute atomic E-state index is 9.71. The van der Waals surface area contributed by atoms with Crippen LogP contribution in [0, 0.1) is 10.8 Å². The summed E-state index contributed by atoms with van der Waals surface area (Å²) in [6.45, 7) is 2.47. The van der Waals surface area contributed by atoms with Gasteiger partial charge in [-0.1, -0.05) is 38.5 Å². The van der Waals surface area contributed by atoms with E-state index in [1.165, 1.54) is 38.5 Å². The Labute approximate surface area is 117 Å². The molecule has 19 heavy (non-hydrogen) atoms. The normalized spacial score (nSPS) is 26.2. The van der Waals surface area contributed by atoms with Crippen molar-refractivity contribution in [1.29, 1.82) is 0 Å². The van der Waals surface area contributed by atoms with Crippen LogP contribution in [0.1, 0.15) is 64.2 Å². The molecule has 0 radical (unpaired) electrons. The zero-order chi connectivity index (χ0) is 13.6.